The summed E-state index contributed by atoms with van der Waals surface area (Å²) >= 11 is 7.32. The van der Waals surface area contributed by atoms with Gasteiger partial charge in [-0.1, -0.05) is 41.9 Å². The number of halogens is 4. The number of carbonyl (C=O) groups is 1. The molecule has 0 atom stereocenters. The van der Waals surface area contributed by atoms with E-state index in [1.54, 1.807) is 0 Å². The van der Waals surface area contributed by atoms with Crippen molar-refractivity contribution in [1.82, 2.24) is 14.9 Å². The number of hydrogen-bond donors (Lipinski definition) is 1. The molecule has 1 aromatic carbocycles. The average molecular weight is 483 g/mol. The van der Waals surface area contributed by atoms with Crippen LogP contribution in [-0.2, 0) is 19.5 Å². The molecule has 0 bridgehead atoms. The van der Waals surface area contributed by atoms with Gasteiger partial charge in [0.15, 0.2) is 11.7 Å². The molecule has 1 aliphatic heterocycles. The predicted octanol–water partition coefficient (Wildman–Crippen LogP) is 4.94. The van der Waals surface area contributed by atoms with Crippen molar-refractivity contribution < 1.29 is 22.7 Å². The maximum Gasteiger partial charge on any atom is 0.422 e. The summed E-state index contributed by atoms with van der Waals surface area (Å²) in [5.74, 6) is -0.891. The molecule has 0 fully saturated rings. The molecule has 0 radical (unpaired) electrons. The van der Waals surface area contributed by atoms with Gasteiger partial charge >= 0.3 is 6.18 Å². The molecule has 4 rings (SSSR count). The van der Waals surface area contributed by atoms with Gasteiger partial charge in [0.1, 0.15) is 5.02 Å². The highest BCUT2D eigenvalue weighted by Gasteiger charge is 2.29. The van der Waals surface area contributed by atoms with E-state index in [0.29, 0.717) is 5.13 Å². The number of amides is 1. The number of anilines is 1. The molecule has 0 saturated carbocycles. The van der Waals surface area contributed by atoms with Crippen molar-refractivity contribution in [3.63, 3.8) is 0 Å². The normalized spacial score (nSPS) is 14.1. The lowest BCUT2D eigenvalue weighted by Crippen LogP contribution is -2.29. The summed E-state index contributed by atoms with van der Waals surface area (Å²) in [7, 11) is 0. The van der Waals surface area contributed by atoms with Gasteiger partial charge in [-0.15, -0.1) is 11.3 Å². The van der Waals surface area contributed by atoms with Gasteiger partial charge in [0.2, 0.25) is 5.88 Å². The lowest BCUT2D eigenvalue weighted by Gasteiger charge is -2.25. The SMILES string of the molecule is O=C(Nc1nc2c(s1)CN(Cc1ccccc1)CC2)c1cnc(OCC(F)(F)F)c(Cl)c1. The zero-order valence-electron chi connectivity index (χ0n) is 16.7. The number of pyridine rings is 1. The standard InChI is InChI=1S/C21H18ClF3N4O2S/c22-15-8-14(9-26-19(15)31-12-21(23,24)25)18(30)28-20-27-16-6-7-29(11-17(16)32-20)10-13-4-2-1-3-5-13/h1-5,8-9H,6-7,10-12H2,(H,27,28,30). The second kappa shape index (κ2) is 9.43. The average Bonchev–Trinajstić information content (AvgIpc) is 3.14. The van der Waals surface area contributed by atoms with Gasteiger partial charge < -0.3 is 4.74 Å². The summed E-state index contributed by atoms with van der Waals surface area (Å²) in [5, 5.41) is 2.98. The minimum atomic E-state index is -4.51. The van der Waals surface area contributed by atoms with Crippen LogP contribution in [-0.4, -0.2) is 40.1 Å². The van der Waals surface area contributed by atoms with Crippen LogP contribution in [0.2, 0.25) is 5.02 Å². The first-order chi connectivity index (χ1) is 15.3. The van der Waals surface area contributed by atoms with E-state index in [1.807, 2.05) is 18.2 Å². The van der Waals surface area contributed by atoms with Crippen LogP contribution in [0.5, 0.6) is 5.88 Å². The molecule has 0 unspecified atom stereocenters. The van der Waals surface area contributed by atoms with E-state index in [2.05, 4.69) is 37.1 Å². The summed E-state index contributed by atoms with van der Waals surface area (Å²) in [6.07, 6.45) is -2.61. The van der Waals surface area contributed by atoms with Crippen LogP contribution in [0.3, 0.4) is 0 Å². The number of nitrogens with zero attached hydrogens (tertiary/aromatic N) is 3. The van der Waals surface area contributed by atoms with Crippen molar-refractivity contribution in [1.29, 1.82) is 0 Å². The lowest BCUT2D eigenvalue weighted by atomic mass is 10.1. The van der Waals surface area contributed by atoms with Crippen LogP contribution in [0.4, 0.5) is 18.3 Å². The Morgan fingerprint density at radius 3 is 2.78 bits per heavy atom. The van der Waals surface area contributed by atoms with Crippen LogP contribution >= 0.6 is 22.9 Å². The largest absolute Gasteiger partial charge is 0.467 e. The number of fused-ring (bicyclic) bond motifs is 1. The number of hydrogen-bond acceptors (Lipinski definition) is 6. The summed E-state index contributed by atoms with van der Waals surface area (Å²) in [6, 6.07) is 11.4. The molecule has 2 aromatic heterocycles. The Labute approximate surface area is 191 Å². The molecule has 0 aliphatic carbocycles. The Morgan fingerprint density at radius 1 is 1.28 bits per heavy atom. The molecule has 1 aliphatic rings. The molecular formula is C21H18ClF3N4O2S. The monoisotopic (exact) mass is 482 g/mol. The maximum absolute atomic E-state index is 12.5. The van der Waals surface area contributed by atoms with E-state index in [4.69, 9.17) is 11.6 Å². The molecule has 0 saturated heterocycles. The van der Waals surface area contributed by atoms with Gasteiger partial charge in [-0.3, -0.25) is 15.0 Å². The predicted molar refractivity (Wildman–Crippen MR) is 115 cm³/mol. The fourth-order valence-corrected chi connectivity index (χ4v) is 4.52. The lowest BCUT2D eigenvalue weighted by molar-refractivity contribution is -0.154. The molecule has 3 aromatic rings. The van der Waals surface area contributed by atoms with E-state index in [0.717, 1.165) is 42.8 Å². The minimum absolute atomic E-state index is 0.0910. The van der Waals surface area contributed by atoms with Gasteiger partial charge in [0.05, 0.1) is 11.3 Å². The van der Waals surface area contributed by atoms with E-state index in [9.17, 15) is 18.0 Å². The molecule has 11 heteroatoms. The van der Waals surface area contributed by atoms with E-state index < -0.39 is 18.7 Å². The molecule has 3 heterocycles. The highest BCUT2D eigenvalue weighted by Crippen LogP contribution is 2.30. The van der Waals surface area contributed by atoms with Crippen LogP contribution in [0.25, 0.3) is 0 Å². The topological polar surface area (TPSA) is 67.4 Å². The number of benzene rings is 1. The second-order valence-electron chi connectivity index (χ2n) is 7.20. The summed E-state index contributed by atoms with van der Waals surface area (Å²) in [4.78, 5) is 24.2. The Kier molecular flexibility index (Phi) is 6.63. The Balaban J connectivity index is 1.38. The van der Waals surface area contributed by atoms with Crippen molar-refractivity contribution in [3.8, 4) is 5.88 Å². The summed E-state index contributed by atoms with van der Waals surface area (Å²) < 4.78 is 41.4. The van der Waals surface area contributed by atoms with Crippen LogP contribution in [0, 0.1) is 0 Å². The van der Waals surface area contributed by atoms with Crippen LogP contribution in [0.15, 0.2) is 42.6 Å². The van der Waals surface area contributed by atoms with Crippen molar-refractivity contribution in [2.24, 2.45) is 0 Å². The fraction of sp³-hybridized carbons (Fsp3) is 0.286. The van der Waals surface area contributed by atoms with Gasteiger partial charge in [0, 0.05) is 37.1 Å². The van der Waals surface area contributed by atoms with Crippen molar-refractivity contribution >= 4 is 34.0 Å². The zero-order valence-corrected chi connectivity index (χ0v) is 18.2. The van der Waals surface area contributed by atoms with Gasteiger partial charge in [-0.05, 0) is 11.6 Å². The van der Waals surface area contributed by atoms with Crippen molar-refractivity contribution in [2.45, 2.75) is 25.7 Å². The number of nitrogens with one attached hydrogen (secondary N) is 1. The van der Waals surface area contributed by atoms with E-state index in [1.165, 1.54) is 23.0 Å². The van der Waals surface area contributed by atoms with Crippen molar-refractivity contribution in [2.75, 3.05) is 18.5 Å². The molecule has 1 N–H and O–H groups in total. The van der Waals surface area contributed by atoms with E-state index >= 15 is 0 Å². The first-order valence-corrected chi connectivity index (χ1v) is 10.9. The first kappa shape index (κ1) is 22.5. The number of carbonyl (C=O) groups excluding carboxylic acids is 1. The first-order valence-electron chi connectivity index (χ1n) is 9.68. The molecular weight excluding hydrogens is 465 g/mol. The molecule has 6 nitrogen and oxygen atoms in total. The summed E-state index contributed by atoms with van der Waals surface area (Å²) in [6.45, 7) is 0.943. The van der Waals surface area contributed by atoms with Crippen LogP contribution in [0.1, 0.15) is 26.5 Å². The number of thiazole rings is 1. The third kappa shape index (κ3) is 5.76. The fourth-order valence-electron chi connectivity index (χ4n) is 3.25. The highest BCUT2D eigenvalue weighted by molar-refractivity contribution is 7.15. The Morgan fingerprint density at radius 2 is 2.06 bits per heavy atom. The highest BCUT2D eigenvalue weighted by atomic mass is 35.5. The maximum atomic E-state index is 12.5. The van der Waals surface area contributed by atoms with Crippen LogP contribution < -0.4 is 10.1 Å². The van der Waals surface area contributed by atoms with E-state index in [-0.39, 0.29) is 16.5 Å². The second-order valence-corrected chi connectivity index (χ2v) is 8.69. The smallest absolute Gasteiger partial charge is 0.422 e. The third-order valence-electron chi connectivity index (χ3n) is 4.72. The minimum Gasteiger partial charge on any atom is -0.467 e. The quantitative estimate of drug-likeness (QED) is 0.539. The summed E-state index contributed by atoms with van der Waals surface area (Å²) in [5.41, 5.74) is 2.29. The molecule has 0 spiro atoms. The Hall–Kier alpha value is -2.69. The third-order valence-corrected chi connectivity index (χ3v) is 5.99. The molecule has 168 valence electrons. The van der Waals surface area contributed by atoms with Gasteiger partial charge in [-0.2, -0.15) is 13.2 Å². The number of rotatable bonds is 6. The number of ether oxygens (including phenoxy) is 1. The Bertz CT molecular complexity index is 1110. The van der Waals surface area contributed by atoms with Gasteiger partial charge in [-0.25, -0.2) is 9.97 Å². The van der Waals surface area contributed by atoms with Gasteiger partial charge in [0.25, 0.3) is 5.91 Å². The molecule has 32 heavy (non-hydrogen) atoms. The molecule has 1 amide bonds. The van der Waals surface area contributed by atoms with Crippen molar-refractivity contribution in [3.05, 3.63) is 69.3 Å². The number of aromatic nitrogens is 2. The zero-order chi connectivity index (χ0) is 22.7. The number of alkyl halides is 3.